The first-order valence-electron chi connectivity index (χ1n) is 12.7. The Morgan fingerprint density at radius 2 is 1.63 bits per heavy atom. The number of aromatic nitrogens is 3. The molecule has 35 heavy (non-hydrogen) atoms. The molecule has 0 amide bonds. The number of carbonyl (C=O) groups excluding carboxylic acids is 1. The van der Waals surface area contributed by atoms with Crippen LogP contribution >= 0.6 is 0 Å². The Morgan fingerprint density at radius 3 is 2.43 bits per heavy atom. The molecule has 178 valence electrons. The van der Waals surface area contributed by atoms with Crippen LogP contribution in [0.3, 0.4) is 0 Å². The predicted octanol–water partition coefficient (Wildman–Crippen LogP) is 5.48. The zero-order valence-corrected chi connectivity index (χ0v) is 19.8. The van der Waals surface area contributed by atoms with Gasteiger partial charge in [0.25, 0.3) is 0 Å². The van der Waals surface area contributed by atoms with Gasteiger partial charge in [0.05, 0.1) is 18.0 Å². The molecule has 6 heteroatoms. The van der Waals surface area contributed by atoms with Gasteiger partial charge in [0.15, 0.2) is 11.3 Å². The van der Waals surface area contributed by atoms with E-state index in [0.29, 0.717) is 29.9 Å². The maximum Gasteiger partial charge on any atom is 0.358 e. The average Bonchev–Trinajstić information content (AvgIpc) is 3.37. The quantitative estimate of drug-likeness (QED) is 0.364. The molecule has 0 radical (unpaired) electrons. The molecule has 2 aromatic heterocycles. The molecule has 2 aliphatic heterocycles. The highest BCUT2D eigenvalue weighted by Gasteiger charge is 2.33. The average molecular weight is 467 g/mol. The molecule has 0 saturated carbocycles. The molecule has 0 bridgehead atoms. The lowest BCUT2D eigenvalue weighted by molar-refractivity contribution is 0.00700. The summed E-state index contributed by atoms with van der Waals surface area (Å²) in [6.07, 6.45) is 6.07. The number of piperidine rings is 2. The van der Waals surface area contributed by atoms with Crippen LogP contribution in [-0.4, -0.2) is 51.2 Å². The summed E-state index contributed by atoms with van der Waals surface area (Å²) < 4.78 is 7.59. The summed E-state index contributed by atoms with van der Waals surface area (Å²) in [5.41, 5.74) is 4.70. The molecule has 0 N–H and O–H groups in total. The largest absolute Gasteiger partial charge is 0.461 e. The van der Waals surface area contributed by atoms with Gasteiger partial charge in [0.1, 0.15) is 0 Å². The minimum atomic E-state index is -0.372. The van der Waals surface area contributed by atoms with E-state index in [0.717, 1.165) is 28.9 Å². The third kappa shape index (κ3) is 4.46. The molecule has 2 aromatic carbocycles. The molecule has 2 fully saturated rings. The van der Waals surface area contributed by atoms with Gasteiger partial charge in [-0.3, -0.25) is 4.90 Å². The first-order chi connectivity index (χ1) is 17.3. The van der Waals surface area contributed by atoms with Crippen molar-refractivity contribution >= 4 is 11.6 Å². The standard InChI is InChI=1S/C29H30N4O2/c34-29(35-20-23-14-9-17-32-16-8-7-15-26(23)32)25-19-28-30-24(21-10-3-1-4-11-21)18-27(33(28)31-25)22-12-5-2-6-13-22/h1-6,10-13,18-19,23,26H,7-9,14-17,20H2/t23-,26+/m0/s1. The van der Waals surface area contributed by atoms with Crippen LogP contribution in [-0.2, 0) is 4.74 Å². The van der Waals surface area contributed by atoms with Crippen molar-refractivity contribution in [1.82, 2.24) is 19.5 Å². The lowest BCUT2D eigenvalue weighted by atomic mass is 9.84. The molecule has 6 nitrogen and oxygen atoms in total. The Labute approximate surface area is 205 Å². The second kappa shape index (κ2) is 9.62. The lowest BCUT2D eigenvalue weighted by Gasteiger charge is -2.44. The molecule has 6 rings (SSSR count). The highest BCUT2D eigenvalue weighted by Crippen LogP contribution is 2.31. The number of esters is 1. The summed E-state index contributed by atoms with van der Waals surface area (Å²) in [7, 11) is 0. The first-order valence-corrected chi connectivity index (χ1v) is 12.7. The van der Waals surface area contributed by atoms with Crippen LogP contribution in [0.2, 0.25) is 0 Å². The van der Waals surface area contributed by atoms with Crippen LogP contribution in [0.1, 0.15) is 42.6 Å². The number of fused-ring (bicyclic) bond motifs is 2. The zero-order chi connectivity index (χ0) is 23.6. The number of hydrogen-bond acceptors (Lipinski definition) is 5. The number of rotatable bonds is 5. The van der Waals surface area contributed by atoms with Gasteiger partial charge in [-0.1, -0.05) is 67.1 Å². The Balaban J connectivity index is 1.29. The Kier molecular flexibility index (Phi) is 6.05. The summed E-state index contributed by atoms with van der Waals surface area (Å²) >= 11 is 0. The van der Waals surface area contributed by atoms with Crippen LogP contribution in [0.15, 0.2) is 72.8 Å². The van der Waals surface area contributed by atoms with E-state index in [9.17, 15) is 4.79 Å². The number of hydrogen-bond donors (Lipinski definition) is 0. The van der Waals surface area contributed by atoms with Gasteiger partial charge < -0.3 is 4.74 Å². The maximum absolute atomic E-state index is 13.1. The normalized spacial score (nSPS) is 20.5. The highest BCUT2D eigenvalue weighted by molar-refractivity contribution is 5.89. The number of ether oxygens (including phenoxy) is 1. The van der Waals surface area contributed by atoms with Crippen molar-refractivity contribution in [2.45, 2.75) is 38.1 Å². The Bertz CT molecular complexity index is 1320. The van der Waals surface area contributed by atoms with Crippen LogP contribution < -0.4 is 0 Å². The molecule has 0 spiro atoms. The van der Waals surface area contributed by atoms with E-state index < -0.39 is 0 Å². The van der Waals surface area contributed by atoms with Crippen LogP contribution in [0.25, 0.3) is 28.2 Å². The second-order valence-corrected chi connectivity index (χ2v) is 9.66. The molecule has 2 atom stereocenters. The van der Waals surface area contributed by atoms with Crippen molar-refractivity contribution in [3.05, 3.63) is 78.5 Å². The van der Waals surface area contributed by atoms with Crippen LogP contribution in [0.5, 0.6) is 0 Å². The van der Waals surface area contributed by atoms with Crippen molar-refractivity contribution in [2.75, 3.05) is 19.7 Å². The number of nitrogens with zero attached hydrogens (tertiary/aromatic N) is 4. The fraction of sp³-hybridized carbons (Fsp3) is 0.345. The molecule has 4 heterocycles. The van der Waals surface area contributed by atoms with E-state index in [1.54, 1.807) is 10.6 Å². The van der Waals surface area contributed by atoms with E-state index in [4.69, 9.17) is 9.72 Å². The zero-order valence-electron chi connectivity index (χ0n) is 19.8. The summed E-state index contributed by atoms with van der Waals surface area (Å²) in [5, 5.41) is 4.64. The van der Waals surface area contributed by atoms with Gasteiger partial charge in [0.2, 0.25) is 0 Å². The fourth-order valence-corrected chi connectivity index (χ4v) is 5.67. The molecule has 0 aliphatic carbocycles. The monoisotopic (exact) mass is 466 g/mol. The topological polar surface area (TPSA) is 59.7 Å². The van der Waals surface area contributed by atoms with Crippen molar-refractivity contribution in [1.29, 1.82) is 0 Å². The van der Waals surface area contributed by atoms with E-state index in [1.165, 1.54) is 38.8 Å². The third-order valence-electron chi connectivity index (χ3n) is 7.43. The third-order valence-corrected chi connectivity index (χ3v) is 7.43. The van der Waals surface area contributed by atoms with Gasteiger partial charge in [-0.25, -0.2) is 14.3 Å². The molecular formula is C29H30N4O2. The summed E-state index contributed by atoms with van der Waals surface area (Å²) in [6, 6.07) is 24.5. The van der Waals surface area contributed by atoms with E-state index in [2.05, 4.69) is 10.00 Å². The van der Waals surface area contributed by atoms with Crippen molar-refractivity contribution in [3.63, 3.8) is 0 Å². The summed E-state index contributed by atoms with van der Waals surface area (Å²) in [4.78, 5) is 20.5. The Morgan fingerprint density at radius 1 is 0.886 bits per heavy atom. The molecular weight excluding hydrogens is 436 g/mol. The SMILES string of the molecule is O=C(OC[C@@H]1CCCN2CCCC[C@H]12)c1cc2nc(-c3ccccc3)cc(-c3ccccc3)n2n1. The summed E-state index contributed by atoms with van der Waals surface area (Å²) in [5.74, 6) is 0.0384. The fourth-order valence-electron chi connectivity index (χ4n) is 5.67. The van der Waals surface area contributed by atoms with Crippen LogP contribution in [0.4, 0.5) is 0 Å². The van der Waals surface area contributed by atoms with Gasteiger partial charge in [-0.2, -0.15) is 5.10 Å². The molecule has 0 unspecified atom stereocenters. The molecule has 2 aliphatic rings. The van der Waals surface area contributed by atoms with Crippen molar-refractivity contribution in [3.8, 4) is 22.5 Å². The Hall–Kier alpha value is -3.51. The van der Waals surface area contributed by atoms with Crippen molar-refractivity contribution in [2.24, 2.45) is 5.92 Å². The number of carbonyl (C=O) groups is 1. The highest BCUT2D eigenvalue weighted by atomic mass is 16.5. The summed E-state index contributed by atoms with van der Waals surface area (Å²) in [6.45, 7) is 2.82. The molecule has 2 saturated heterocycles. The predicted molar refractivity (Wildman–Crippen MR) is 136 cm³/mol. The smallest absolute Gasteiger partial charge is 0.358 e. The maximum atomic E-state index is 13.1. The second-order valence-electron chi connectivity index (χ2n) is 9.66. The van der Waals surface area contributed by atoms with Gasteiger partial charge in [-0.05, 0) is 44.8 Å². The van der Waals surface area contributed by atoms with E-state index in [1.807, 2.05) is 66.7 Å². The minimum absolute atomic E-state index is 0.302. The first kappa shape index (κ1) is 22.0. The van der Waals surface area contributed by atoms with Gasteiger partial charge >= 0.3 is 5.97 Å². The van der Waals surface area contributed by atoms with Crippen LogP contribution in [0, 0.1) is 5.92 Å². The minimum Gasteiger partial charge on any atom is -0.461 e. The van der Waals surface area contributed by atoms with Crippen molar-refractivity contribution < 1.29 is 9.53 Å². The van der Waals surface area contributed by atoms with Gasteiger partial charge in [0, 0.05) is 29.2 Å². The van der Waals surface area contributed by atoms with E-state index in [-0.39, 0.29) is 5.97 Å². The van der Waals surface area contributed by atoms with Gasteiger partial charge in [-0.15, -0.1) is 0 Å². The van der Waals surface area contributed by atoms with E-state index >= 15 is 0 Å². The molecule has 4 aromatic rings. The number of benzene rings is 2. The lowest BCUT2D eigenvalue weighted by Crippen LogP contribution is -2.49.